The molecule has 0 aromatic heterocycles. The number of rotatable bonds is 15. The minimum Gasteiger partial charge on any atom is -0.481 e. The first kappa shape index (κ1) is 74.7. The van der Waals surface area contributed by atoms with Gasteiger partial charge in [-0.3, -0.25) is 14.1 Å². The Morgan fingerprint density at radius 3 is 1.24 bits per heavy atom. The van der Waals surface area contributed by atoms with Crippen molar-refractivity contribution in [2.75, 3.05) is 20.3 Å². The first-order valence-corrected chi connectivity index (χ1v) is 20.8. The van der Waals surface area contributed by atoms with Crippen LogP contribution in [-0.4, -0.2) is 133 Å². The maximum atomic E-state index is 12.3. The van der Waals surface area contributed by atoms with E-state index in [0.29, 0.717) is 23.8 Å². The van der Waals surface area contributed by atoms with Gasteiger partial charge in [0.25, 0.3) is 21.8 Å². The lowest BCUT2D eigenvalue weighted by Gasteiger charge is -2.33. The van der Waals surface area contributed by atoms with Gasteiger partial charge in [-0.25, -0.2) is 24.0 Å². The zero-order chi connectivity index (χ0) is 58.6. The number of hydrogen-bond acceptors (Lipinski definition) is 15. The number of carbonyl (C=O) groups excluding carboxylic acids is 5. The van der Waals surface area contributed by atoms with Crippen LogP contribution in [0.25, 0.3) is 0 Å². The third kappa shape index (κ3) is 34.1. The van der Waals surface area contributed by atoms with Crippen LogP contribution in [0.1, 0.15) is 66.7 Å². The van der Waals surface area contributed by atoms with E-state index >= 15 is 0 Å². The maximum Gasteiger partial charge on any atom is 0.434 e. The van der Waals surface area contributed by atoms with Crippen molar-refractivity contribution in [1.82, 2.24) is 0 Å². The largest absolute Gasteiger partial charge is 0.481 e. The van der Waals surface area contributed by atoms with E-state index in [1.807, 2.05) is 0 Å². The van der Waals surface area contributed by atoms with Crippen LogP contribution < -0.4 is 0 Å². The lowest BCUT2D eigenvalue weighted by molar-refractivity contribution is -0.373. The molecule has 0 saturated heterocycles. The number of methoxy groups -OCH3 is 1. The molecule has 416 valence electrons. The Hall–Kier alpha value is -6.24. The Labute approximate surface area is 404 Å². The van der Waals surface area contributed by atoms with Crippen molar-refractivity contribution in [3.63, 3.8) is 0 Å². The molecule has 0 radical (unpaired) electrons. The van der Waals surface area contributed by atoms with Gasteiger partial charge >= 0.3 is 66.5 Å². The molecule has 1 aliphatic rings. The van der Waals surface area contributed by atoms with Crippen LogP contribution >= 0.6 is 0 Å². The molecule has 0 spiro atoms. The summed E-state index contributed by atoms with van der Waals surface area (Å²) in [6.45, 7) is 24.4. The molecular formula is C41H54F12O18S. The van der Waals surface area contributed by atoms with Crippen LogP contribution in [0.3, 0.4) is 0 Å². The van der Waals surface area contributed by atoms with Crippen LogP contribution in [0.5, 0.6) is 0 Å². The lowest BCUT2D eigenvalue weighted by atomic mass is 9.79. The van der Waals surface area contributed by atoms with Gasteiger partial charge in [0.1, 0.15) is 19.3 Å². The van der Waals surface area contributed by atoms with E-state index in [9.17, 15) is 94.7 Å². The summed E-state index contributed by atoms with van der Waals surface area (Å²) in [6.07, 6.45) is -27.5. The fourth-order valence-corrected chi connectivity index (χ4v) is 4.05. The number of alkyl halides is 12. The molecule has 0 bridgehead atoms. The van der Waals surface area contributed by atoms with Crippen LogP contribution in [0.2, 0.25) is 0 Å². The second-order valence-electron chi connectivity index (χ2n) is 14.1. The van der Waals surface area contributed by atoms with Crippen LogP contribution in [0.4, 0.5) is 52.7 Å². The predicted octanol–water partition coefficient (Wildman–Crippen LogP) is 7.89. The Balaban J connectivity index is -0.000000267. The molecule has 0 aromatic carbocycles. The normalized spacial score (nSPS) is 14.8. The van der Waals surface area contributed by atoms with E-state index in [4.69, 9.17) is 29.3 Å². The van der Waals surface area contributed by atoms with E-state index in [1.54, 1.807) is 6.92 Å². The van der Waals surface area contributed by atoms with Crippen LogP contribution in [-0.2, 0) is 67.4 Å². The third-order valence-corrected chi connectivity index (χ3v) is 7.98. The highest BCUT2D eigenvalue weighted by Crippen LogP contribution is 2.46. The molecule has 4 N–H and O–H groups in total. The van der Waals surface area contributed by atoms with Gasteiger partial charge in [0.05, 0.1) is 24.4 Å². The fraction of sp³-hybridized carbons (Fsp3) is 0.537. The molecular weight excluding hydrogens is 1040 g/mol. The SMILES string of the molecule is C=C(C)C(=O)OC.C=C(C)C(=O)OC(C(F)(F)F)C(F)(F)F.C=C(C)C(=O)OC(C)CC(O)(C(F)(F)F)C(F)(F)F.C=C(C)C(=O)OCCOC(=O)C1CCCCC1C(=O)O.C=CC(=O)O.C=CS(=O)(=O)O. The van der Waals surface area contributed by atoms with Gasteiger partial charge < -0.3 is 39.0 Å². The van der Waals surface area contributed by atoms with Gasteiger partial charge in [0, 0.05) is 34.8 Å². The Morgan fingerprint density at radius 1 is 0.639 bits per heavy atom. The maximum absolute atomic E-state index is 12.3. The van der Waals surface area contributed by atoms with Gasteiger partial charge in [-0.2, -0.15) is 61.1 Å². The zero-order valence-corrected chi connectivity index (χ0v) is 39.9. The smallest absolute Gasteiger partial charge is 0.434 e. The number of halogens is 12. The quantitative estimate of drug-likeness (QED) is 0.0303. The summed E-state index contributed by atoms with van der Waals surface area (Å²) in [4.78, 5) is 75.0. The minimum absolute atomic E-state index is 0.0537. The highest BCUT2D eigenvalue weighted by molar-refractivity contribution is 7.88. The predicted molar refractivity (Wildman–Crippen MR) is 225 cm³/mol. The summed E-state index contributed by atoms with van der Waals surface area (Å²) >= 11 is 0. The van der Waals surface area contributed by atoms with Crippen molar-refractivity contribution >= 4 is 51.9 Å². The van der Waals surface area contributed by atoms with Gasteiger partial charge in [-0.1, -0.05) is 52.3 Å². The molecule has 3 atom stereocenters. The number of aliphatic carboxylic acids is 2. The van der Waals surface area contributed by atoms with E-state index in [-0.39, 0.29) is 30.3 Å². The first-order chi connectivity index (χ1) is 32.1. The summed E-state index contributed by atoms with van der Waals surface area (Å²) in [6, 6.07) is 0. The molecule has 1 rings (SSSR count). The standard InChI is InChI=1S/C14H20O6.C10H12F6O3.C7H6F6O2.C5H8O2.C3H4O2.C2H4O3S/c1-9(2)13(17)19-7-8-20-14(18)11-6-4-3-5-10(11)12(15)16;1-5(2)7(17)19-6(3)4-8(18,9(11,12)13)10(14,15)16;1-3(2)4(14)15-5(6(8,9)10)7(11,12)13;1-4(2)5(6)7-3;1-2-3(4)5;1-2-6(3,4)5/h10-11H,1,3-8H2,2H3,(H,15,16);6,18H,1,4H2,2-3H3;5H,1H2,2H3;1H2,2-3H3;2H,1H2,(H,4,5);2H,1H2,(H,3,4,5). The van der Waals surface area contributed by atoms with Crippen molar-refractivity contribution in [3.05, 3.63) is 73.3 Å². The number of hydrogen-bond donors (Lipinski definition) is 4. The topological polar surface area (TPSA) is 281 Å². The Bertz CT molecular complexity index is 1970. The lowest BCUT2D eigenvalue weighted by Crippen LogP contribution is -2.58. The van der Waals surface area contributed by atoms with Crippen molar-refractivity contribution in [3.8, 4) is 0 Å². The number of carboxylic acid groups (broad SMARTS) is 2. The zero-order valence-electron chi connectivity index (χ0n) is 39.1. The summed E-state index contributed by atoms with van der Waals surface area (Å²) in [5.74, 6) is -7.50. The van der Waals surface area contributed by atoms with Gasteiger partial charge in [-0.15, -0.1) is 0 Å². The second kappa shape index (κ2) is 33.4. The molecule has 18 nitrogen and oxygen atoms in total. The Morgan fingerprint density at radius 2 is 0.972 bits per heavy atom. The van der Waals surface area contributed by atoms with E-state index in [0.717, 1.165) is 32.8 Å². The minimum atomic E-state index is -5.94. The number of carbonyl (C=O) groups is 7. The van der Waals surface area contributed by atoms with Crippen molar-refractivity contribution in [1.29, 1.82) is 0 Å². The molecule has 1 fully saturated rings. The average Bonchev–Trinajstić information content (AvgIpc) is 3.22. The van der Waals surface area contributed by atoms with Gasteiger partial charge in [0.15, 0.2) is 0 Å². The number of carboxylic acids is 2. The first-order valence-electron chi connectivity index (χ1n) is 19.3. The highest BCUT2D eigenvalue weighted by Gasteiger charge is 2.70. The monoisotopic (exact) mass is 1090 g/mol. The second-order valence-corrected chi connectivity index (χ2v) is 15.5. The van der Waals surface area contributed by atoms with E-state index in [2.05, 4.69) is 53.7 Å². The molecule has 0 aliphatic heterocycles. The molecule has 0 aromatic rings. The highest BCUT2D eigenvalue weighted by atomic mass is 32.2. The molecule has 1 saturated carbocycles. The van der Waals surface area contributed by atoms with E-state index in [1.165, 1.54) is 21.0 Å². The van der Waals surface area contributed by atoms with Crippen LogP contribution in [0, 0.1) is 11.8 Å². The van der Waals surface area contributed by atoms with E-state index < -0.39 is 112 Å². The van der Waals surface area contributed by atoms with Gasteiger partial charge in [-0.05, 0) is 47.5 Å². The molecule has 1 aliphatic carbocycles. The summed E-state index contributed by atoms with van der Waals surface area (Å²) in [7, 11) is -2.57. The number of aliphatic hydroxyl groups is 1. The molecule has 0 amide bonds. The molecule has 0 heterocycles. The number of ether oxygens (including phenoxy) is 5. The summed E-state index contributed by atoms with van der Waals surface area (Å²) < 4.78 is 193. The summed E-state index contributed by atoms with van der Waals surface area (Å²) in [5.41, 5.74) is -4.96. The summed E-state index contributed by atoms with van der Waals surface area (Å²) in [5, 5.41) is 26.0. The average molecular weight is 1090 g/mol. The fourth-order valence-electron chi connectivity index (χ4n) is 4.05. The van der Waals surface area contributed by atoms with Gasteiger partial charge in [0.2, 0.25) is 0 Å². The third-order valence-electron chi connectivity index (χ3n) is 7.56. The van der Waals surface area contributed by atoms with Crippen molar-refractivity contribution in [2.24, 2.45) is 11.8 Å². The Kier molecular flexibility index (Phi) is 34.7. The van der Waals surface area contributed by atoms with Crippen molar-refractivity contribution in [2.45, 2.75) is 109 Å². The molecule has 31 heteroatoms. The number of esters is 5. The molecule has 3 unspecified atom stereocenters. The van der Waals surface area contributed by atoms with Crippen LogP contribution in [0.15, 0.2) is 73.3 Å². The van der Waals surface area contributed by atoms with Crippen molar-refractivity contribution < 1.29 is 138 Å². The molecule has 72 heavy (non-hydrogen) atoms.